The minimum atomic E-state index is -3.31. The molecule has 1 aliphatic rings. The Balaban J connectivity index is 2.71. The molecule has 1 heterocycles. The van der Waals surface area contributed by atoms with Gasteiger partial charge in [0.1, 0.15) is 5.75 Å². The first-order chi connectivity index (χ1) is 8.76. The molecule has 1 saturated heterocycles. The van der Waals surface area contributed by atoms with Crippen LogP contribution in [0.15, 0.2) is 0 Å². The monoisotopic (exact) mass is 290 g/mol. The fraction of sp³-hybridized carbons (Fsp3) is 0.923. The van der Waals surface area contributed by atoms with Gasteiger partial charge in [0, 0.05) is 19.1 Å². The maximum atomic E-state index is 12.2. The third-order valence-corrected chi connectivity index (χ3v) is 5.47. The highest BCUT2D eigenvalue weighted by molar-refractivity contribution is 7.92. The Labute approximate surface area is 116 Å². The number of carbonyl (C=O) groups excluding carboxylic acids is 1. The third-order valence-electron chi connectivity index (χ3n) is 3.61. The minimum absolute atomic E-state index is 0.0181. The molecule has 0 aliphatic carbocycles. The van der Waals surface area contributed by atoms with Crippen molar-refractivity contribution in [3.63, 3.8) is 0 Å². The first-order valence-corrected chi connectivity index (χ1v) is 8.79. The number of nitrogens with zero attached hydrogens (tertiary/aromatic N) is 1. The van der Waals surface area contributed by atoms with Crippen LogP contribution in [-0.4, -0.2) is 49.9 Å². The fourth-order valence-corrected chi connectivity index (χ4v) is 4.43. The molecule has 1 rings (SSSR count). The number of rotatable bonds is 5. The number of carbonyl (C=O) groups is 1. The molecule has 2 atom stereocenters. The molecule has 1 fully saturated rings. The highest BCUT2D eigenvalue weighted by Crippen LogP contribution is 2.23. The van der Waals surface area contributed by atoms with Crippen LogP contribution in [0.2, 0.25) is 0 Å². The van der Waals surface area contributed by atoms with E-state index in [1.165, 1.54) is 0 Å². The van der Waals surface area contributed by atoms with Gasteiger partial charge in [0.15, 0.2) is 9.84 Å². The largest absolute Gasteiger partial charge is 0.337 e. The Kier molecular flexibility index (Phi) is 5.80. The zero-order chi connectivity index (χ0) is 14.6. The Morgan fingerprint density at radius 3 is 2.58 bits per heavy atom. The number of likely N-dealkylation sites (tertiary alicyclic amines) is 1. The quantitative estimate of drug-likeness (QED) is 0.806. The molecule has 0 spiro atoms. The average molecular weight is 290 g/mol. The van der Waals surface area contributed by atoms with E-state index in [-0.39, 0.29) is 29.4 Å². The van der Waals surface area contributed by atoms with Crippen LogP contribution in [0.1, 0.15) is 33.6 Å². The molecule has 0 saturated carbocycles. The van der Waals surface area contributed by atoms with Gasteiger partial charge in [0.2, 0.25) is 5.91 Å². The van der Waals surface area contributed by atoms with Crippen LogP contribution >= 0.6 is 0 Å². The molecule has 0 aromatic rings. The first kappa shape index (κ1) is 16.4. The number of piperidine rings is 1. The second kappa shape index (κ2) is 6.70. The van der Waals surface area contributed by atoms with Gasteiger partial charge < -0.3 is 10.6 Å². The summed E-state index contributed by atoms with van der Waals surface area (Å²) in [6.45, 7) is 6.78. The van der Waals surface area contributed by atoms with E-state index < -0.39 is 9.84 Å². The third kappa shape index (κ3) is 4.76. The summed E-state index contributed by atoms with van der Waals surface area (Å²) in [6, 6.07) is -0.0181. The fourth-order valence-electron chi connectivity index (χ4n) is 2.76. The molecule has 6 heteroatoms. The topological polar surface area (TPSA) is 80.5 Å². The highest BCUT2D eigenvalue weighted by Gasteiger charge is 2.32. The lowest BCUT2D eigenvalue weighted by molar-refractivity contribution is -0.133. The summed E-state index contributed by atoms with van der Waals surface area (Å²) in [5.41, 5.74) is 5.72. The number of amides is 1. The van der Waals surface area contributed by atoms with Gasteiger partial charge in [0.25, 0.3) is 0 Å². The van der Waals surface area contributed by atoms with Gasteiger partial charge in [-0.1, -0.05) is 20.8 Å². The summed E-state index contributed by atoms with van der Waals surface area (Å²) in [4.78, 5) is 13.9. The van der Waals surface area contributed by atoms with Gasteiger partial charge >= 0.3 is 0 Å². The lowest BCUT2D eigenvalue weighted by Crippen LogP contribution is -2.53. The molecule has 5 nitrogen and oxygen atoms in total. The Morgan fingerprint density at radius 1 is 1.42 bits per heavy atom. The van der Waals surface area contributed by atoms with Crippen LogP contribution in [-0.2, 0) is 14.6 Å². The van der Waals surface area contributed by atoms with Crippen molar-refractivity contribution >= 4 is 15.7 Å². The molecule has 1 aliphatic heterocycles. The predicted octanol–water partition coefficient (Wildman–Crippen LogP) is 0.643. The Morgan fingerprint density at radius 2 is 2.05 bits per heavy atom. The summed E-state index contributed by atoms with van der Waals surface area (Å²) in [7, 11) is -3.31. The number of hydrogen-bond donors (Lipinski definition) is 1. The SMILES string of the molecule is CC(C)CS(=O)(=O)CC(=O)N1CCC[C@@H](C)[C@H]1CN. The van der Waals surface area contributed by atoms with E-state index in [0.717, 1.165) is 12.8 Å². The first-order valence-electron chi connectivity index (χ1n) is 6.96. The molecule has 0 radical (unpaired) electrons. The summed E-state index contributed by atoms with van der Waals surface area (Å²) in [6.07, 6.45) is 1.97. The van der Waals surface area contributed by atoms with Crippen LogP contribution in [0.4, 0.5) is 0 Å². The molecule has 19 heavy (non-hydrogen) atoms. The summed E-state index contributed by atoms with van der Waals surface area (Å²) in [5, 5.41) is 0. The van der Waals surface area contributed by atoms with Crippen LogP contribution in [0, 0.1) is 11.8 Å². The standard InChI is InChI=1S/C13H26N2O3S/c1-10(2)8-19(17,18)9-13(16)15-6-4-5-11(3)12(15)7-14/h10-12H,4-9,14H2,1-3H3/t11-,12-/m1/s1. The van der Waals surface area contributed by atoms with Gasteiger partial charge in [-0.25, -0.2) is 8.42 Å². The summed E-state index contributed by atoms with van der Waals surface area (Å²) >= 11 is 0. The molecular weight excluding hydrogens is 264 g/mol. The van der Waals surface area contributed by atoms with E-state index >= 15 is 0 Å². The predicted molar refractivity (Wildman–Crippen MR) is 76.4 cm³/mol. The maximum absolute atomic E-state index is 12.2. The number of nitrogens with two attached hydrogens (primary N) is 1. The van der Waals surface area contributed by atoms with Crippen molar-refractivity contribution < 1.29 is 13.2 Å². The van der Waals surface area contributed by atoms with Crippen molar-refractivity contribution in [2.45, 2.75) is 39.7 Å². The van der Waals surface area contributed by atoms with E-state index in [0.29, 0.717) is 19.0 Å². The molecule has 2 N–H and O–H groups in total. The molecule has 0 aromatic carbocycles. The lowest BCUT2D eigenvalue weighted by Gasteiger charge is -2.39. The van der Waals surface area contributed by atoms with Crippen molar-refractivity contribution in [3.8, 4) is 0 Å². The average Bonchev–Trinajstić information content (AvgIpc) is 2.25. The van der Waals surface area contributed by atoms with Crippen molar-refractivity contribution in [1.82, 2.24) is 4.90 Å². The van der Waals surface area contributed by atoms with Gasteiger partial charge in [-0.15, -0.1) is 0 Å². The van der Waals surface area contributed by atoms with E-state index in [2.05, 4.69) is 6.92 Å². The van der Waals surface area contributed by atoms with Crippen molar-refractivity contribution in [2.24, 2.45) is 17.6 Å². The highest BCUT2D eigenvalue weighted by atomic mass is 32.2. The van der Waals surface area contributed by atoms with Gasteiger partial charge in [-0.3, -0.25) is 4.79 Å². The van der Waals surface area contributed by atoms with Gasteiger partial charge in [0.05, 0.1) is 5.75 Å². The van der Waals surface area contributed by atoms with Crippen molar-refractivity contribution in [3.05, 3.63) is 0 Å². The van der Waals surface area contributed by atoms with Crippen molar-refractivity contribution in [2.75, 3.05) is 24.6 Å². The van der Waals surface area contributed by atoms with E-state index in [1.807, 2.05) is 13.8 Å². The number of sulfone groups is 1. The van der Waals surface area contributed by atoms with E-state index in [9.17, 15) is 13.2 Å². The molecule has 0 bridgehead atoms. The Bertz CT molecular complexity index is 406. The van der Waals surface area contributed by atoms with E-state index in [4.69, 9.17) is 5.73 Å². The summed E-state index contributed by atoms with van der Waals surface area (Å²) < 4.78 is 23.8. The zero-order valence-electron chi connectivity index (χ0n) is 12.1. The summed E-state index contributed by atoms with van der Waals surface area (Å²) in [5.74, 6) is -0.217. The Hall–Kier alpha value is -0.620. The second-order valence-electron chi connectivity index (χ2n) is 5.96. The molecule has 112 valence electrons. The van der Waals surface area contributed by atoms with E-state index in [1.54, 1.807) is 4.90 Å². The van der Waals surface area contributed by atoms with Crippen molar-refractivity contribution in [1.29, 1.82) is 0 Å². The van der Waals surface area contributed by atoms with Crippen LogP contribution in [0.25, 0.3) is 0 Å². The zero-order valence-corrected chi connectivity index (χ0v) is 12.9. The molecule has 1 amide bonds. The van der Waals surface area contributed by atoms with Gasteiger partial charge in [-0.2, -0.15) is 0 Å². The minimum Gasteiger partial charge on any atom is -0.337 e. The lowest BCUT2D eigenvalue weighted by atomic mass is 9.91. The maximum Gasteiger partial charge on any atom is 0.238 e. The normalized spacial score (nSPS) is 24.8. The number of hydrogen-bond acceptors (Lipinski definition) is 4. The second-order valence-corrected chi connectivity index (χ2v) is 8.07. The van der Waals surface area contributed by atoms with Gasteiger partial charge in [-0.05, 0) is 24.7 Å². The van der Waals surface area contributed by atoms with Crippen LogP contribution in [0.5, 0.6) is 0 Å². The van der Waals surface area contributed by atoms with Crippen LogP contribution < -0.4 is 5.73 Å². The molecule has 0 unspecified atom stereocenters. The molecular formula is C13H26N2O3S. The molecule has 0 aromatic heterocycles. The smallest absolute Gasteiger partial charge is 0.238 e. The van der Waals surface area contributed by atoms with Crippen LogP contribution in [0.3, 0.4) is 0 Å².